The van der Waals surface area contributed by atoms with Gasteiger partial charge in [-0.25, -0.2) is 21.2 Å². The molecule has 0 saturated carbocycles. The quantitative estimate of drug-likeness (QED) is 0.698. The van der Waals surface area contributed by atoms with Crippen molar-refractivity contribution in [2.45, 2.75) is 9.79 Å². The molecular formula is C16H16BrFN2O4S2. The minimum absolute atomic E-state index is 0.00854. The van der Waals surface area contributed by atoms with Crippen molar-refractivity contribution in [2.75, 3.05) is 26.2 Å². The van der Waals surface area contributed by atoms with Crippen LogP contribution in [0.15, 0.2) is 62.8 Å². The van der Waals surface area contributed by atoms with Crippen LogP contribution in [0.3, 0.4) is 0 Å². The Morgan fingerprint density at radius 2 is 1.27 bits per heavy atom. The lowest BCUT2D eigenvalue weighted by Gasteiger charge is -2.33. The fourth-order valence-corrected chi connectivity index (χ4v) is 5.82. The lowest BCUT2D eigenvalue weighted by atomic mass is 10.4. The second kappa shape index (κ2) is 7.35. The minimum Gasteiger partial charge on any atom is -0.207 e. The summed E-state index contributed by atoms with van der Waals surface area (Å²) in [5.74, 6) is -0.637. The van der Waals surface area contributed by atoms with Crippen molar-refractivity contribution in [1.82, 2.24) is 8.61 Å². The summed E-state index contributed by atoms with van der Waals surface area (Å²) in [6.45, 7) is 0.0864. The van der Waals surface area contributed by atoms with Gasteiger partial charge in [0, 0.05) is 30.7 Å². The first-order valence-corrected chi connectivity index (χ1v) is 11.4. The molecule has 1 aliphatic rings. The van der Waals surface area contributed by atoms with Crippen molar-refractivity contribution in [3.05, 3.63) is 58.8 Å². The van der Waals surface area contributed by atoms with E-state index in [9.17, 15) is 21.2 Å². The topological polar surface area (TPSA) is 74.8 Å². The molecule has 0 N–H and O–H groups in total. The molecule has 6 nitrogen and oxygen atoms in total. The van der Waals surface area contributed by atoms with Crippen LogP contribution < -0.4 is 0 Å². The second-order valence-corrected chi connectivity index (χ2v) is 10.5. The number of benzene rings is 2. The molecule has 10 heteroatoms. The highest BCUT2D eigenvalue weighted by Gasteiger charge is 2.33. The first-order chi connectivity index (χ1) is 12.2. The average Bonchev–Trinajstić information content (AvgIpc) is 2.62. The Morgan fingerprint density at radius 1 is 0.769 bits per heavy atom. The van der Waals surface area contributed by atoms with Gasteiger partial charge in [-0.2, -0.15) is 8.61 Å². The predicted octanol–water partition coefficient (Wildman–Crippen LogP) is 2.28. The summed E-state index contributed by atoms with van der Waals surface area (Å²) in [6.07, 6.45) is 0. The van der Waals surface area contributed by atoms with Gasteiger partial charge >= 0.3 is 0 Å². The highest BCUT2D eigenvalue weighted by atomic mass is 79.9. The molecule has 0 atom stereocenters. The Kier molecular flexibility index (Phi) is 5.50. The van der Waals surface area contributed by atoms with Gasteiger partial charge in [0.05, 0.1) is 9.79 Å². The van der Waals surface area contributed by atoms with Gasteiger partial charge in [-0.05, 0) is 42.5 Å². The summed E-state index contributed by atoms with van der Waals surface area (Å²) in [7, 11) is -7.55. The molecule has 3 rings (SSSR count). The zero-order valence-electron chi connectivity index (χ0n) is 13.5. The highest BCUT2D eigenvalue weighted by molar-refractivity contribution is 9.10. The highest BCUT2D eigenvalue weighted by Crippen LogP contribution is 2.23. The number of halogens is 2. The van der Waals surface area contributed by atoms with Crippen LogP contribution in [0.5, 0.6) is 0 Å². The number of sulfonamides is 2. The lowest BCUT2D eigenvalue weighted by Crippen LogP contribution is -2.50. The number of nitrogens with zero attached hydrogens (tertiary/aromatic N) is 2. The van der Waals surface area contributed by atoms with Gasteiger partial charge in [-0.1, -0.05) is 22.0 Å². The molecule has 0 bridgehead atoms. The van der Waals surface area contributed by atoms with Crippen molar-refractivity contribution in [3.63, 3.8) is 0 Å². The molecule has 0 unspecified atom stereocenters. The summed E-state index contributed by atoms with van der Waals surface area (Å²) in [4.78, 5) is 0.0175. The zero-order valence-corrected chi connectivity index (χ0v) is 16.8. The molecule has 0 radical (unpaired) electrons. The van der Waals surface area contributed by atoms with Crippen LogP contribution in [-0.2, 0) is 20.0 Å². The van der Waals surface area contributed by atoms with E-state index in [2.05, 4.69) is 15.9 Å². The monoisotopic (exact) mass is 462 g/mol. The van der Waals surface area contributed by atoms with Crippen molar-refractivity contribution in [1.29, 1.82) is 0 Å². The van der Waals surface area contributed by atoms with Crippen molar-refractivity contribution in [3.8, 4) is 0 Å². The van der Waals surface area contributed by atoms with Gasteiger partial charge in [0.25, 0.3) is 0 Å². The van der Waals surface area contributed by atoms with Crippen molar-refractivity contribution >= 4 is 36.0 Å². The molecule has 2 aromatic carbocycles. The van der Waals surface area contributed by atoms with E-state index in [1.807, 2.05) is 0 Å². The third kappa shape index (κ3) is 3.84. The van der Waals surface area contributed by atoms with E-state index in [1.54, 1.807) is 12.1 Å². The number of piperazine rings is 1. The molecule has 1 saturated heterocycles. The van der Waals surface area contributed by atoms with E-state index in [-0.39, 0.29) is 36.0 Å². The molecule has 2 aromatic rings. The molecule has 0 spiro atoms. The lowest BCUT2D eigenvalue weighted by molar-refractivity contribution is 0.272. The van der Waals surface area contributed by atoms with E-state index >= 15 is 0 Å². The normalized spacial score (nSPS) is 17.3. The fraction of sp³-hybridized carbons (Fsp3) is 0.250. The predicted molar refractivity (Wildman–Crippen MR) is 98.1 cm³/mol. The van der Waals surface area contributed by atoms with Gasteiger partial charge in [0.2, 0.25) is 20.0 Å². The molecule has 26 heavy (non-hydrogen) atoms. The minimum atomic E-state index is -3.86. The molecule has 1 aliphatic heterocycles. The Balaban J connectivity index is 1.75. The Bertz CT molecular complexity index is 1000. The third-order valence-electron chi connectivity index (χ3n) is 4.08. The maximum absolute atomic E-state index is 13.3. The van der Waals surface area contributed by atoms with Crippen LogP contribution >= 0.6 is 15.9 Å². The van der Waals surface area contributed by atoms with Crippen molar-refractivity contribution < 1.29 is 21.2 Å². The van der Waals surface area contributed by atoms with E-state index < -0.39 is 25.9 Å². The first kappa shape index (κ1) is 19.4. The van der Waals surface area contributed by atoms with Gasteiger partial charge < -0.3 is 0 Å². The molecule has 0 aliphatic carbocycles. The fourth-order valence-electron chi connectivity index (χ4n) is 2.68. The molecule has 0 amide bonds. The number of rotatable bonds is 4. The molecule has 1 fully saturated rings. The largest absolute Gasteiger partial charge is 0.243 e. The summed E-state index contributed by atoms with van der Waals surface area (Å²) in [5.41, 5.74) is 0. The standard InChI is InChI=1S/C16H16BrFN2O4S2/c17-13-4-6-15(7-5-13)25(21,22)19-8-10-20(11-9-19)26(23,24)16-3-1-2-14(18)12-16/h1-7,12H,8-11H2. The second-order valence-electron chi connectivity index (χ2n) is 5.72. The van der Waals surface area contributed by atoms with Crippen LogP contribution in [-0.4, -0.2) is 51.6 Å². The van der Waals surface area contributed by atoms with E-state index in [1.165, 1.54) is 38.9 Å². The van der Waals surface area contributed by atoms with Gasteiger partial charge in [-0.3, -0.25) is 0 Å². The summed E-state index contributed by atoms with van der Waals surface area (Å²) in [6, 6.07) is 11.0. The number of hydrogen-bond donors (Lipinski definition) is 0. The van der Waals surface area contributed by atoms with E-state index in [0.29, 0.717) is 0 Å². The SMILES string of the molecule is O=S(=O)(c1ccc(Br)cc1)N1CCN(S(=O)(=O)c2cccc(F)c2)CC1. The van der Waals surface area contributed by atoms with Crippen LogP contribution in [0.4, 0.5) is 4.39 Å². The summed E-state index contributed by atoms with van der Waals surface area (Å²) < 4.78 is 67.0. The van der Waals surface area contributed by atoms with Gasteiger partial charge in [-0.15, -0.1) is 0 Å². The molecule has 1 heterocycles. The molecular weight excluding hydrogens is 447 g/mol. The van der Waals surface area contributed by atoms with Gasteiger partial charge in [0.1, 0.15) is 5.82 Å². The van der Waals surface area contributed by atoms with E-state index in [0.717, 1.165) is 10.5 Å². The Morgan fingerprint density at radius 3 is 1.77 bits per heavy atom. The third-order valence-corrected chi connectivity index (χ3v) is 8.42. The van der Waals surface area contributed by atoms with Crippen LogP contribution in [0.2, 0.25) is 0 Å². The Hall–Kier alpha value is -1.33. The van der Waals surface area contributed by atoms with E-state index in [4.69, 9.17) is 0 Å². The van der Waals surface area contributed by atoms with Crippen molar-refractivity contribution in [2.24, 2.45) is 0 Å². The molecule has 0 aromatic heterocycles. The maximum atomic E-state index is 13.3. The summed E-state index contributed by atoms with van der Waals surface area (Å²) in [5, 5.41) is 0. The average molecular weight is 463 g/mol. The smallest absolute Gasteiger partial charge is 0.207 e. The zero-order chi connectivity index (χ0) is 18.9. The Labute approximate surface area is 160 Å². The molecule has 140 valence electrons. The maximum Gasteiger partial charge on any atom is 0.243 e. The summed E-state index contributed by atoms with van der Waals surface area (Å²) >= 11 is 3.26. The van der Waals surface area contributed by atoms with Crippen LogP contribution in [0.25, 0.3) is 0 Å². The van der Waals surface area contributed by atoms with Crippen LogP contribution in [0.1, 0.15) is 0 Å². The number of hydrogen-bond acceptors (Lipinski definition) is 4. The first-order valence-electron chi connectivity index (χ1n) is 7.73. The van der Waals surface area contributed by atoms with Crippen LogP contribution in [0, 0.1) is 5.82 Å². The van der Waals surface area contributed by atoms with Gasteiger partial charge in [0.15, 0.2) is 0 Å².